The molecule has 1 heterocycles. The van der Waals surface area contributed by atoms with Gasteiger partial charge in [-0.25, -0.2) is 0 Å². The van der Waals surface area contributed by atoms with Gasteiger partial charge in [-0.05, 0) is 79.5 Å². The fraction of sp³-hybridized carbons (Fsp3) is 0.522. The Morgan fingerprint density at radius 3 is 2.86 bits per heavy atom. The van der Waals surface area contributed by atoms with Crippen LogP contribution in [0.3, 0.4) is 0 Å². The molecule has 0 radical (unpaired) electrons. The lowest BCUT2D eigenvalue weighted by Gasteiger charge is -2.31. The van der Waals surface area contributed by atoms with Gasteiger partial charge < -0.3 is 19.2 Å². The van der Waals surface area contributed by atoms with Crippen molar-refractivity contribution in [2.24, 2.45) is 11.8 Å². The summed E-state index contributed by atoms with van der Waals surface area (Å²) in [5, 5.41) is 3.01. The Labute approximate surface area is 167 Å². The summed E-state index contributed by atoms with van der Waals surface area (Å²) in [6.07, 6.45) is 4.59. The highest BCUT2D eigenvalue weighted by Gasteiger charge is 2.30. The van der Waals surface area contributed by atoms with Crippen molar-refractivity contribution in [3.8, 4) is 5.75 Å². The van der Waals surface area contributed by atoms with E-state index in [2.05, 4.69) is 25.2 Å². The van der Waals surface area contributed by atoms with Crippen LogP contribution in [0.4, 0.5) is 0 Å². The van der Waals surface area contributed by atoms with Gasteiger partial charge in [0.1, 0.15) is 18.1 Å². The van der Waals surface area contributed by atoms with E-state index in [-0.39, 0.29) is 11.8 Å². The van der Waals surface area contributed by atoms with Crippen molar-refractivity contribution in [1.82, 2.24) is 5.32 Å². The van der Waals surface area contributed by atoms with Crippen LogP contribution in [-0.4, -0.2) is 26.2 Å². The quantitative estimate of drug-likeness (QED) is 0.698. The zero-order chi connectivity index (χ0) is 20.1. The summed E-state index contributed by atoms with van der Waals surface area (Å²) in [5.41, 5.74) is 5.26. The minimum Gasteiger partial charge on any atom is -0.491 e. The van der Waals surface area contributed by atoms with Crippen molar-refractivity contribution < 1.29 is 18.7 Å². The Hall–Kier alpha value is -2.27. The molecule has 0 spiro atoms. The third kappa shape index (κ3) is 4.58. The van der Waals surface area contributed by atoms with Gasteiger partial charge >= 0.3 is 0 Å². The predicted molar refractivity (Wildman–Crippen MR) is 109 cm³/mol. The molecule has 0 saturated heterocycles. The summed E-state index contributed by atoms with van der Waals surface area (Å²) in [5.74, 6) is 2.09. The second kappa shape index (κ2) is 9.28. The minimum atomic E-state index is -0.0408. The number of ether oxygens (including phenoxy) is 2. The molecule has 28 heavy (non-hydrogen) atoms. The van der Waals surface area contributed by atoms with E-state index in [1.165, 1.54) is 22.3 Å². The van der Waals surface area contributed by atoms with Crippen LogP contribution in [0.25, 0.3) is 0 Å². The van der Waals surface area contributed by atoms with Gasteiger partial charge in [0.25, 0.3) is 0 Å². The largest absolute Gasteiger partial charge is 0.491 e. The number of carbonyl (C=O) groups is 1. The average molecular weight is 386 g/mol. The van der Waals surface area contributed by atoms with Crippen molar-refractivity contribution in [2.45, 2.75) is 46.6 Å². The van der Waals surface area contributed by atoms with E-state index in [9.17, 15) is 4.79 Å². The number of benzene rings is 1. The molecule has 5 nitrogen and oxygen atoms in total. The summed E-state index contributed by atoms with van der Waals surface area (Å²) in [6, 6.07) is 5.85. The minimum absolute atomic E-state index is 0.0408. The van der Waals surface area contributed by atoms with Gasteiger partial charge in [-0.3, -0.25) is 4.79 Å². The van der Waals surface area contributed by atoms with Crippen LogP contribution in [0.1, 0.15) is 41.4 Å². The number of aryl methyl sites for hydroxylation is 1. The highest BCUT2D eigenvalue weighted by atomic mass is 16.5. The fourth-order valence-corrected chi connectivity index (χ4v) is 4.10. The van der Waals surface area contributed by atoms with Gasteiger partial charge in [-0.1, -0.05) is 6.92 Å². The Morgan fingerprint density at radius 2 is 2.14 bits per heavy atom. The van der Waals surface area contributed by atoms with Crippen molar-refractivity contribution in [3.05, 3.63) is 52.5 Å². The first-order chi connectivity index (χ1) is 13.5. The number of nitrogens with one attached hydrogen (secondary N) is 1. The number of furan rings is 1. The molecule has 0 aliphatic heterocycles. The molecule has 3 rings (SSSR count). The summed E-state index contributed by atoms with van der Waals surface area (Å²) < 4.78 is 16.3. The predicted octanol–water partition coefficient (Wildman–Crippen LogP) is 3.98. The first-order valence-corrected chi connectivity index (χ1v) is 10.0. The Kier molecular flexibility index (Phi) is 6.79. The lowest BCUT2D eigenvalue weighted by molar-refractivity contribution is -0.126. The van der Waals surface area contributed by atoms with Crippen molar-refractivity contribution in [2.75, 3.05) is 20.3 Å². The van der Waals surface area contributed by atoms with Crippen LogP contribution in [0.5, 0.6) is 5.75 Å². The Balaban J connectivity index is 1.68. The topological polar surface area (TPSA) is 60.7 Å². The van der Waals surface area contributed by atoms with Crippen LogP contribution in [0, 0.1) is 25.7 Å². The molecule has 152 valence electrons. The zero-order valence-electron chi connectivity index (χ0n) is 17.3. The molecule has 0 fully saturated rings. The molecule has 1 aliphatic rings. The fourth-order valence-electron chi connectivity index (χ4n) is 4.10. The van der Waals surface area contributed by atoms with E-state index in [1.54, 1.807) is 13.4 Å². The van der Waals surface area contributed by atoms with Gasteiger partial charge in [0.15, 0.2) is 0 Å². The highest BCUT2D eigenvalue weighted by Crippen LogP contribution is 2.37. The third-order valence-electron chi connectivity index (χ3n) is 5.92. The van der Waals surface area contributed by atoms with Gasteiger partial charge in [-0.2, -0.15) is 0 Å². The van der Waals surface area contributed by atoms with E-state index < -0.39 is 0 Å². The second-order valence-corrected chi connectivity index (χ2v) is 7.70. The van der Waals surface area contributed by atoms with Crippen LogP contribution >= 0.6 is 0 Å². The molecule has 1 N–H and O–H groups in total. The molecule has 0 saturated carbocycles. The van der Waals surface area contributed by atoms with Crippen molar-refractivity contribution in [3.63, 3.8) is 0 Å². The number of methoxy groups -OCH3 is 1. The molecule has 1 aromatic heterocycles. The third-order valence-corrected chi connectivity index (χ3v) is 5.92. The molecule has 1 aliphatic carbocycles. The van der Waals surface area contributed by atoms with Gasteiger partial charge in [-0.15, -0.1) is 0 Å². The number of carbonyl (C=O) groups excluding carboxylic acids is 1. The van der Waals surface area contributed by atoms with E-state index in [1.807, 2.05) is 19.1 Å². The number of fused-ring (bicyclic) bond motifs is 1. The average Bonchev–Trinajstić information content (AvgIpc) is 3.22. The number of hydrogen-bond acceptors (Lipinski definition) is 4. The molecule has 2 atom stereocenters. The van der Waals surface area contributed by atoms with Gasteiger partial charge in [0.05, 0.1) is 19.4 Å². The summed E-state index contributed by atoms with van der Waals surface area (Å²) in [7, 11) is 1.68. The van der Waals surface area contributed by atoms with Gasteiger partial charge in [0, 0.05) is 13.0 Å². The zero-order valence-corrected chi connectivity index (χ0v) is 17.3. The normalized spacial score (nSPS) is 17.1. The van der Waals surface area contributed by atoms with Crippen LogP contribution in [-0.2, 0) is 28.9 Å². The molecular formula is C23H31NO4. The van der Waals surface area contributed by atoms with Crippen molar-refractivity contribution in [1.29, 1.82) is 0 Å². The van der Waals surface area contributed by atoms with E-state index >= 15 is 0 Å². The number of hydrogen-bond donors (Lipinski definition) is 1. The second-order valence-electron chi connectivity index (χ2n) is 7.70. The Bertz CT molecular complexity index is 797. The van der Waals surface area contributed by atoms with E-state index in [4.69, 9.17) is 13.9 Å². The molecule has 5 heteroatoms. The molecular weight excluding hydrogens is 354 g/mol. The number of amides is 1. The molecule has 0 unspecified atom stereocenters. The van der Waals surface area contributed by atoms with Crippen LogP contribution in [0.15, 0.2) is 28.9 Å². The maximum atomic E-state index is 12.7. The molecule has 1 aromatic carbocycles. The standard InChI is InChI=1S/C23H31NO4/c1-15-12-22(28-11-10-26-4)17(3)21-13-18(7-8-20(15)21)16(2)23(25)24-14-19-6-5-9-27-19/h5-6,9,12,16,18H,7-8,10-11,13-14H2,1-4H3,(H,24,25)/t16-,18+/m0/s1. The van der Waals surface area contributed by atoms with E-state index in [0.717, 1.165) is 30.8 Å². The summed E-state index contributed by atoms with van der Waals surface area (Å²) >= 11 is 0. The molecule has 0 bridgehead atoms. The molecule has 2 aromatic rings. The summed E-state index contributed by atoms with van der Waals surface area (Å²) in [4.78, 5) is 12.7. The smallest absolute Gasteiger partial charge is 0.223 e. The monoisotopic (exact) mass is 385 g/mol. The Morgan fingerprint density at radius 1 is 1.32 bits per heavy atom. The van der Waals surface area contributed by atoms with E-state index in [0.29, 0.717) is 25.7 Å². The number of rotatable bonds is 8. The maximum Gasteiger partial charge on any atom is 0.223 e. The maximum absolute atomic E-state index is 12.7. The highest BCUT2D eigenvalue weighted by molar-refractivity contribution is 5.78. The van der Waals surface area contributed by atoms with Crippen molar-refractivity contribution >= 4 is 5.91 Å². The van der Waals surface area contributed by atoms with Crippen LogP contribution < -0.4 is 10.1 Å². The first kappa shape index (κ1) is 20.5. The SMILES string of the molecule is COCCOc1cc(C)c2c(c1C)C[C@H]([C@H](C)C(=O)NCc1ccco1)CC2. The van der Waals surface area contributed by atoms with Gasteiger partial charge in [0.2, 0.25) is 5.91 Å². The summed E-state index contributed by atoms with van der Waals surface area (Å²) in [6.45, 7) is 7.88. The first-order valence-electron chi connectivity index (χ1n) is 10.0. The van der Waals surface area contributed by atoms with Crippen LogP contribution in [0.2, 0.25) is 0 Å². The lowest BCUT2D eigenvalue weighted by Crippen LogP contribution is -2.35. The molecule has 1 amide bonds. The lowest BCUT2D eigenvalue weighted by atomic mass is 9.74.